The normalized spacial score (nSPS) is 21.5. The molecule has 2 N–H and O–H groups in total. The van der Waals surface area contributed by atoms with Crippen molar-refractivity contribution in [3.05, 3.63) is 24.3 Å². The fourth-order valence-corrected chi connectivity index (χ4v) is 3.95. The maximum atomic E-state index is 12.1. The van der Waals surface area contributed by atoms with Crippen molar-refractivity contribution in [3.8, 4) is 5.75 Å². The van der Waals surface area contributed by atoms with Crippen molar-refractivity contribution in [1.82, 2.24) is 5.32 Å². The summed E-state index contributed by atoms with van der Waals surface area (Å²) in [5.41, 5.74) is 0.840. The molecule has 3 rings (SSSR count). The van der Waals surface area contributed by atoms with Crippen LogP contribution in [0.2, 0.25) is 0 Å². The summed E-state index contributed by atoms with van der Waals surface area (Å²) in [6.45, 7) is 0.996. The first-order valence-electron chi connectivity index (χ1n) is 8.17. The van der Waals surface area contributed by atoms with Crippen LogP contribution in [0.5, 0.6) is 5.75 Å². The standard InChI is InChI=1S/C17H24N2O2S.ClH/c20-17(11-14-12-22-10-9-18-14)19-13-5-7-16(8-6-13)21-15-3-1-2-4-15;/h5-8,14-15,18H,1-4,9-12H2,(H,19,20);1H. The minimum atomic E-state index is 0. The van der Waals surface area contributed by atoms with Crippen LogP contribution in [0.4, 0.5) is 5.69 Å². The Morgan fingerprint density at radius 2 is 2.00 bits per heavy atom. The number of hydrogen-bond donors (Lipinski definition) is 2. The van der Waals surface area contributed by atoms with Gasteiger partial charge in [-0.2, -0.15) is 11.8 Å². The molecule has 0 spiro atoms. The van der Waals surface area contributed by atoms with E-state index in [1.54, 1.807) is 0 Å². The molecule has 1 unspecified atom stereocenters. The van der Waals surface area contributed by atoms with E-state index in [1.165, 1.54) is 12.8 Å². The fourth-order valence-electron chi connectivity index (χ4n) is 3.00. The summed E-state index contributed by atoms with van der Waals surface area (Å²) in [7, 11) is 0. The largest absolute Gasteiger partial charge is 0.490 e. The number of rotatable bonds is 5. The Balaban J connectivity index is 0.00000192. The second-order valence-corrected chi connectivity index (χ2v) is 7.18. The molecule has 1 atom stereocenters. The van der Waals surface area contributed by atoms with Crippen LogP contribution in [0.15, 0.2) is 24.3 Å². The van der Waals surface area contributed by atoms with E-state index >= 15 is 0 Å². The number of halogens is 1. The van der Waals surface area contributed by atoms with Gasteiger partial charge in [-0.25, -0.2) is 0 Å². The lowest BCUT2D eigenvalue weighted by Gasteiger charge is -2.22. The van der Waals surface area contributed by atoms with Gasteiger partial charge in [-0.15, -0.1) is 12.4 Å². The molecule has 1 amide bonds. The number of nitrogens with one attached hydrogen (secondary N) is 2. The SMILES string of the molecule is Cl.O=C(CC1CSCCN1)Nc1ccc(OC2CCCC2)cc1. The Kier molecular flexibility index (Phi) is 7.53. The highest BCUT2D eigenvalue weighted by Crippen LogP contribution is 2.25. The van der Waals surface area contributed by atoms with E-state index in [1.807, 2.05) is 36.0 Å². The Hall–Kier alpha value is -0.910. The molecule has 2 fully saturated rings. The second kappa shape index (κ2) is 9.40. The van der Waals surface area contributed by atoms with Crippen LogP contribution in [0.1, 0.15) is 32.1 Å². The Labute approximate surface area is 148 Å². The van der Waals surface area contributed by atoms with Crippen LogP contribution in [0.25, 0.3) is 0 Å². The smallest absolute Gasteiger partial charge is 0.225 e. The maximum Gasteiger partial charge on any atom is 0.225 e. The van der Waals surface area contributed by atoms with Crippen molar-refractivity contribution in [3.63, 3.8) is 0 Å². The zero-order valence-electron chi connectivity index (χ0n) is 13.3. The number of thioether (sulfide) groups is 1. The van der Waals surface area contributed by atoms with Crippen LogP contribution >= 0.6 is 24.2 Å². The van der Waals surface area contributed by atoms with E-state index in [4.69, 9.17) is 4.74 Å². The molecular weight excluding hydrogens is 332 g/mol. The molecule has 6 heteroatoms. The van der Waals surface area contributed by atoms with Crippen molar-refractivity contribution in [1.29, 1.82) is 0 Å². The minimum absolute atomic E-state index is 0. The van der Waals surface area contributed by atoms with E-state index in [-0.39, 0.29) is 18.3 Å². The molecule has 1 aliphatic heterocycles. The monoisotopic (exact) mass is 356 g/mol. The number of benzene rings is 1. The van der Waals surface area contributed by atoms with Gasteiger partial charge in [0.2, 0.25) is 5.91 Å². The van der Waals surface area contributed by atoms with Gasteiger partial charge in [0.15, 0.2) is 0 Å². The van der Waals surface area contributed by atoms with Crippen LogP contribution in [-0.4, -0.2) is 36.1 Å². The van der Waals surface area contributed by atoms with Gasteiger partial charge in [0.05, 0.1) is 6.10 Å². The number of carbonyl (C=O) groups is 1. The molecule has 2 aliphatic rings. The Bertz CT molecular complexity index is 486. The summed E-state index contributed by atoms with van der Waals surface area (Å²) in [5.74, 6) is 3.13. The zero-order chi connectivity index (χ0) is 15.2. The summed E-state index contributed by atoms with van der Waals surface area (Å²) in [5, 5.41) is 6.35. The summed E-state index contributed by atoms with van der Waals surface area (Å²) in [4.78, 5) is 12.1. The van der Waals surface area contributed by atoms with Gasteiger partial charge in [-0.05, 0) is 49.9 Å². The van der Waals surface area contributed by atoms with Crippen LogP contribution in [0, 0.1) is 0 Å². The zero-order valence-corrected chi connectivity index (χ0v) is 14.9. The third-order valence-corrected chi connectivity index (χ3v) is 5.30. The molecule has 1 heterocycles. The van der Waals surface area contributed by atoms with Gasteiger partial charge < -0.3 is 15.4 Å². The van der Waals surface area contributed by atoms with Crippen LogP contribution in [-0.2, 0) is 4.79 Å². The third-order valence-electron chi connectivity index (χ3n) is 4.17. The lowest BCUT2D eigenvalue weighted by Crippen LogP contribution is -2.39. The molecule has 1 saturated heterocycles. The van der Waals surface area contributed by atoms with E-state index < -0.39 is 0 Å². The highest BCUT2D eigenvalue weighted by Gasteiger charge is 2.17. The lowest BCUT2D eigenvalue weighted by molar-refractivity contribution is -0.116. The van der Waals surface area contributed by atoms with E-state index in [2.05, 4.69) is 10.6 Å². The van der Waals surface area contributed by atoms with Gasteiger partial charge in [0, 0.05) is 36.2 Å². The van der Waals surface area contributed by atoms with Gasteiger partial charge in [0.25, 0.3) is 0 Å². The average molecular weight is 357 g/mol. The molecule has 1 saturated carbocycles. The van der Waals surface area contributed by atoms with Crippen molar-refractivity contribution in [2.45, 2.75) is 44.2 Å². The molecular formula is C17H25ClN2O2S. The first kappa shape index (κ1) is 18.4. The van der Waals surface area contributed by atoms with Crippen molar-refractivity contribution < 1.29 is 9.53 Å². The van der Waals surface area contributed by atoms with E-state index in [9.17, 15) is 4.79 Å². The first-order chi connectivity index (χ1) is 10.8. The third kappa shape index (κ3) is 5.90. The second-order valence-electron chi connectivity index (χ2n) is 6.03. The summed E-state index contributed by atoms with van der Waals surface area (Å²) in [6.07, 6.45) is 5.76. The first-order valence-corrected chi connectivity index (χ1v) is 9.33. The number of hydrogen-bond acceptors (Lipinski definition) is 4. The number of amides is 1. The van der Waals surface area contributed by atoms with Gasteiger partial charge >= 0.3 is 0 Å². The van der Waals surface area contributed by atoms with Crippen LogP contribution in [0.3, 0.4) is 0 Å². The quantitative estimate of drug-likeness (QED) is 0.848. The minimum Gasteiger partial charge on any atom is -0.490 e. The number of anilines is 1. The fraction of sp³-hybridized carbons (Fsp3) is 0.588. The summed E-state index contributed by atoms with van der Waals surface area (Å²) < 4.78 is 5.93. The maximum absolute atomic E-state index is 12.1. The predicted octanol–water partition coefficient (Wildman–Crippen LogP) is 3.46. The van der Waals surface area contributed by atoms with Gasteiger partial charge in [-0.3, -0.25) is 4.79 Å². The van der Waals surface area contributed by atoms with E-state index in [0.717, 1.165) is 42.3 Å². The molecule has 0 aromatic heterocycles. The molecule has 0 bridgehead atoms. The molecule has 23 heavy (non-hydrogen) atoms. The average Bonchev–Trinajstić information content (AvgIpc) is 3.03. The summed E-state index contributed by atoms with van der Waals surface area (Å²) in [6, 6.07) is 8.03. The van der Waals surface area contributed by atoms with E-state index in [0.29, 0.717) is 18.6 Å². The molecule has 1 aliphatic carbocycles. The number of ether oxygens (including phenoxy) is 1. The van der Waals surface area contributed by atoms with Gasteiger partial charge in [0.1, 0.15) is 5.75 Å². The Morgan fingerprint density at radius 1 is 1.26 bits per heavy atom. The van der Waals surface area contributed by atoms with Gasteiger partial charge in [-0.1, -0.05) is 0 Å². The number of carbonyl (C=O) groups excluding carboxylic acids is 1. The van der Waals surface area contributed by atoms with Crippen molar-refractivity contribution in [2.75, 3.05) is 23.4 Å². The van der Waals surface area contributed by atoms with Crippen molar-refractivity contribution in [2.24, 2.45) is 0 Å². The molecule has 4 nitrogen and oxygen atoms in total. The Morgan fingerprint density at radius 3 is 2.65 bits per heavy atom. The topological polar surface area (TPSA) is 50.4 Å². The van der Waals surface area contributed by atoms with Crippen LogP contribution < -0.4 is 15.4 Å². The lowest BCUT2D eigenvalue weighted by atomic mass is 10.2. The highest BCUT2D eigenvalue weighted by atomic mass is 35.5. The molecule has 1 aromatic rings. The molecule has 0 radical (unpaired) electrons. The predicted molar refractivity (Wildman–Crippen MR) is 98.9 cm³/mol. The summed E-state index contributed by atoms with van der Waals surface area (Å²) >= 11 is 1.91. The highest BCUT2D eigenvalue weighted by molar-refractivity contribution is 7.99. The van der Waals surface area contributed by atoms with Crippen molar-refractivity contribution >= 4 is 35.8 Å². The molecule has 128 valence electrons. The molecule has 1 aromatic carbocycles.